The van der Waals surface area contributed by atoms with Crippen LogP contribution < -0.4 is 5.32 Å². The Balaban J connectivity index is 1.04. The fourth-order valence-corrected chi connectivity index (χ4v) is 13.3. The maximum Gasteiger partial charge on any atom is 0.509 e. The zero-order valence-corrected chi connectivity index (χ0v) is 50.1. The molecule has 3 aromatic rings. The molecule has 18 nitrogen and oxygen atoms in total. The highest BCUT2D eigenvalue weighted by atomic mass is 16.8. The molecule has 0 radical (unpaired) electrons. The molecule has 2 unspecified atom stereocenters. The number of carbonyl (C=O) groups is 6. The zero-order valence-electron chi connectivity index (χ0n) is 50.1. The van der Waals surface area contributed by atoms with Gasteiger partial charge in [-0.05, 0) is 93.3 Å². The van der Waals surface area contributed by atoms with E-state index >= 15 is 9.59 Å². The number of aliphatic hydroxyl groups is 3. The number of allylic oxidation sites excluding steroid dienone is 2. The number of hydrogen-bond donors (Lipinski definition) is 4. The Morgan fingerprint density at radius 3 is 1.98 bits per heavy atom. The van der Waals surface area contributed by atoms with E-state index in [0.29, 0.717) is 12.0 Å². The van der Waals surface area contributed by atoms with Gasteiger partial charge in [-0.2, -0.15) is 0 Å². The fraction of sp³-hybridized carbons (Fsp3) is 0.582. The molecule has 8 rings (SSSR count). The monoisotopic (exact) mass is 1180 g/mol. The third-order valence-corrected chi connectivity index (χ3v) is 18.3. The van der Waals surface area contributed by atoms with Gasteiger partial charge in [-0.3, -0.25) is 14.4 Å². The SMILES string of the molecule is CCCCCCCC/C=C\CCCCCCCC1OCC(COC(=O)O[C@@H](C(=O)O[C@H]2C[C@@]3(O)[C@@H](OC(=O)c4ccccc4)[C@@H]4[C@]5(O)CO[C@@H]5C[C@H](O)[C@@]4(C)C(=O)[C@H](OC(C)=O)C(=C2C)C3(C)C)[C@@H](NC(=O)c2ccccc2)c2ccccc2)O1. The van der Waals surface area contributed by atoms with Crippen molar-refractivity contribution in [2.45, 2.75) is 211 Å². The van der Waals surface area contributed by atoms with E-state index in [2.05, 4.69) is 24.4 Å². The molecule has 3 aromatic carbocycles. The van der Waals surface area contributed by atoms with E-state index in [1.807, 2.05) is 0 Å². The number of rotatable bonds is 27. The highest BCUT2D eigenvalue weighted by molar-refractivity contribution is 5.96. The molecule has 2 saturated carbocycles. The summed E-state index contributed by atoms with van der Waals surface area (Å²) < 4.78 is 48.1. The average molecular weight is 1180 g/mol. The molecule has 4 N–H and O–H groups in total. The molecule has 5 aliphatic rings. The van der Waals surface area contributed by atoms with Crippen molar-refractivity contribution in [3.8, 4) is 0 Å². The van der Waals surface area contributed by atoms with Crippen LogP contribution in [-0.2, 0) is 52.3 Å². The largest absolute Gasteiger partial charge is 0.509 e. The minimum absolute atomic E-state index is 0.0333. The summed E-state index contributed by atoms with van der Waals surface area (Å²) in [7, 11) is 0. The molecule has 18 heteroatoms. The van der Waals surface area contributed by atoms with E-state index in [1.54, 1.807) is 92.7 Å². The van der Waals surface area contributed by atoms with Crippen LogP contribution in [0.4, 0.5) is 4.79 Å². The molecule has 4 fully saturated rings. The average Bonchev–Trinajstić information content (AvgIpc) is 0.862. The van der Waals surface area contributed by atoms with Gasteiger partial charge in [-0.15, -0.1) is 0 Å². The molecular weight excluding hydrogens is 1090 g/mol. The number of ketones is 1. The molecule has 3 aliphatic carbocycles. The molecule has 2 saturated heterocycles. The first-order valence-electron chi connectivity index (χ1n) is 30.5. The van der Waals surface area contributed by atoms with Crippen LogP contribution in [0.1, 0.15) is 177 Å². The summed E-state index contributed by atoms with van der Waals surface area (Å²) in [6, 6.07) is 22.8. The number of unbranched alkanes of at least 4 members (excludes halogenated alkanes) is 11. The predicted octanol–water partition coefficient (Wildman–Crippen LogP) is 10.1. The summed E-state index contributed by atoms with van der Waals surface area (Å²) in [5.74, 6) is -6.25. The smallest absolute Gasteiger partial charge is 0.455 e. The normalized spacial score (nSPS) is 29.2. The maximum absolute atomic E-state index is 15.6. The number of esters is 3. The minimum atomic E-state index is -2.45. The number of fused-ring (bicyclic) bond motifs is 5. The first-order valence-corrected chi connectivity index (χ1v) is 30.5. The second kappa shape index (κ2) is 28.9. The summed E-state index contributed by atoms with van der Waals surface area (Å²) in [6.07, 6.45) is 7.30. The molecule has 13 atom stereocenters. The van der Waals surface area contributed by atoms with Crippen molar-refractivity contribution in [2.75, 3.05) is 19.8 Å². The number of carbonyl (C=O) groups excluding carboxylic acids is 6. The Kier molecular flexibility index (Phi) is 22.0. The van der Waals surface area contributed by atoms with Gasteiger partial charge in [0.2, 0.25) is 6.10 Å². The van der Waals surface area contributed by atoms with Crippen molar-refractivity contribution in [3.05, 3.63) is 131 Å². The number of amides is 1. The lowest BCUT2D eigenvalue weighted by atomic mass is 9.44. The Morgan fingerprint density at radius 1 is 0.765 bits per heavy atom. The van der Waals surface area contributed by atoms with Gasteiger partial charge in [-0.25, -0.2) is 14.4 Å². The topological polar surface area (TPSA) is 249 Å². The van der Waals surface area contributed by atoms with Crippen molar-refractivity contribution in [2.24, 2.45) is 16.7 Å². The zero-order chi connectivity index (χ0) is 60.9. The van der Waals surface area contributed by atoms with Gasteiger partial charge in [-0.1, -0.05) is 151 Å². The van der Waals surface area contributed by atoms with E-state index < -0.39 is 125 Å². The van der Waals surface area contributed by atoms with E-state index in [4.69, 9.17) is 37.9 Å². The van der Waals surface area contributed by atoms with E-state index in [-0.39, 0.29) is 48.5 Å². The number of hydrogen-bond acceptors (Lipinski definition) is 17. The highest BCUT2D eigenvalue weighted by Gasteiger charge is 2.77. The Labute approximate surface area is 499 Å². The lowest BCUT2D eigenvalue weighted by molar-refractivity contribution is -0.343. The van der Waals surface area contributed by atoms with Gasteiger partial charge in [0.05, 0.1) is 36.4 Å². The van der Waals surface area contributed by atoms with Gasteiger partial charge >= 0.3 is 24.1 Å². The van der Waals surface area contributed by atoms with Crippen LogP contribution in [0.5, 0.6) is 0 Å². The predicted molar refractivity (Wildman–Crippen MR) is 312 cm³/mol. The number of benzene rings is 3. The van der Waals surface area contributed by atoms with Crippen LogP contribution in [0.2, 0.25) is 0 Å². The fourth-order valence-electron chi connectivity index (χ4n) is 13.3. The van der Waals surface area contributed by atoms with Crippen LogP contribution in [-0.4, -0.2) is 131 Å². The van der Waals surface area contributed by atoms with Crippen molar-refractivity contribution in [1.29, 1.82) is 0 Å². The number of nitrogens with one attached hydrogen (secondary N) is 1. The van der Waals surface area contributed by atoms with Gasteiger partial charge in [0.1, 0.15) is 42.2 Å². The summed E-state index contributed by atoms with van der Waals surface area (Å²) in [5.41, 5.74) is -7.56. The summed E-state index contributed by atoms with van der Waals surface area (Å²) in [5, 5.41) is 41.6. The van der Waals surface area contributed by atoms with Gasteiger partial charge < -0.3 is 58.5 Å². The van der Waals surface area contributed by atoms with Crippen molar-refractivity contribution < 1.29 is 82.0 Å². The molecule has 2 bridgehead atoms. The van der Waals surface area contributed by atoms with Gasteiger partial charge in [0, 0.05) is 36.7 Å². The molecule has 2 heterocycles. The summed E-state index contributed by atoms with van der Waals surface area (Å²) in [6.45, 7) is 8.80. The third-order valence-electron chi connectivity index (χ3n) is 18.3. The van der Waals surface area contributed by atoms with Crippen LogP contribution in [0.15, 0.2) is 114 Å². The van der Waals surface area contributed by atoms with Crippen molar-refractivity contribution >= 4 is 35.8 Å². The number of Topliss-reactive ketones (excluding diaryl/α,β-unsaturated/α-hetero) is 1. The Bertz CT molecular complexity index is 2820. The van der Waals surface area contributed by atoms with Crippen molar-refractivity contribution in [3.63, 3.8) is 0 Å². The molecule has 0 aromatic heterocycles. The lowest BCUT2D eigenvalue weighted by Gasteiger charge is -2.66. The molecule has 0 spiro atoms. The molecule has 1 amide bonds. The third kappa shape index (κ3) is 14.6. The summed E-state index contributed by atoms with van der Waals surface area (Å²) in [4.78, 5) is 86.8. The van der Waals surface area contributed by atoms with E-state index in [9.17, 15) is 34.5 Å². The second-order valence-electron chi connectivity index (χ2n) is 24.3. The van der Waals surface area contributed by atoms with Crippen LogP contribution in [0.3, 0.4) is 0 Å². The second-order valence-corrected chi connectivity index (χ2v) is 24.3. The van der Waals surface area contributed by atoms with Gasteiger partial charge in [0.25, 0.3) is 5.91 Å². The van der Waals surface area contributed by atoms with Crippen LogP contribution in [0.25, 0.3) is 0 Å². The maximum atomic E-state index is 15.6. The standard InChI is InChI=1S/C67H87NO17/c1-7-8-9-10-11-12-13-14-15-16-17-18-19-20-30-37-52-78-40-48(82-52)41-79-63(75)84-56(54(45-31-24-21-25-32-45)68-60(72)46-33-26-22-27-34-46)62(74)83-49-39-67(77)59(85-61(73)47-35-28-23-29-36-47)57-65(6,50(70)38-51-66(57,76)42-80-51)58(71)55(81-44(3)69)53(43(49)2)64(67,4)5/h14-15,21-29,31-36,48-52,54-57,59,70,76-77H,7-13,16-20,30,37-42H2,1-6H3,(H,68,72)/b15-14-/t48?,49-,50-,51+,52?,54-,55+,56+,57-,59-,65+,66-,67+/m0/s1. The van der Waals surface area contributed by atoms with Crippen LogP contribution >= 0.6 is 0 Å². The Morgan fingerprint density at radius 2 is 1.36 bits per heavy atom. The molecule has 2 aliphatic heterocycles. The Hall–Kier alpha value is -6.28. The van der Waals surface area contributed by atoms with Crippen molar-refractivity contribution in [1.82, 2.24) is 5.32 Å². The first-order chi connectivity index (χ1) is 40.7. The van der Waals surface area contributed by atoms with E-state index in [1.165, 1.54) is 64.5 Å². The lowest BCUT2D eigenvalue weighted by Crippen LogP contribution is -2.81. The first kappa shape index (κ1) is 64.7. The molecule has 462 valence electrons. The molecular formula is C67H87NO17. The summed E-state index contributed by atoms with van der Waals surface area (Å²) >= 11 is 0. The van der Waals surface area contributed by atoms with Crippen LogP contribution in [0, 0.1) is 16.7 Å². The quantitative estimate of drug-likeness (QED) is 0.0240. The number of ether oxygens (including phenoxy) is 8. The highest BCUT2D eigenvalue weighted by Crippen LogP contribution is 2.63. The molecule has 85 heavy (non-hydrogen) atoms. The number of aliphatic hydroxyl groups excluding tert-OH is 1. The minimum Gasteiger partial charge on any atom is -0.455 e. The van der Waals surface area contributed by atoms with Gasteiger partial charge in [0.15, 0.2) is 18.2 Å². The van der Waals surface area contributed by atoms with E-state index in [0.717, 1.165) is 51.9 Å².